The third kappa shape index (κ3) is 3.80. The summed E-state index contributed by atoms with van der Waals surface area (Å²) in [6.07, 6.45) is 8.15. The van der Waals surface area contributed by atoms with Crippen LogP contribution in [0.2, 0.25) is 0 Å². The molecule has 106 valence electrons. The normalized spacial score (nSPS) is 19.1. The molecule has 19 heavy (non-hydrogen) atoms. The Kier molecular flexibility index (Phi) is 4.96. The van der Waals surface area contributed by atoms with Crippen molar-refractivity contribution in [1.29, 1.82) is 0 Å². The second-order valence-electron chi connectivity index (χ2n) is 5.28. The fraction of sp³-hybridized carbons (Fsp3) is 0.714. The van der Waals surface area contributed by atoms with Gasteiger partial charge >= 0.3 is 0 Å². The van der Waals surface area contributed by atoms with Crippen molar-refractivity contribution in [3.8, 4) is 0 Å². The summed E-state index contributed by atoms with van der Waals surface area (Å²) in [7, 11) is 0. The van der Waals surface area contributed by atoms with Crippen LogP contribution in [0.1, 0.15) is 37.7 Å². The molecule has 0 aromatic carbocycles. The summed E-state index contributed by atoms with van der Waals surface area (Å²) in [5.41, 5.74) is 1.12. The van der Waals surface area contributed by atoms with Crippen LogP contribution in [0.25, 0.3) is 0 Å². The lowest BCUT2D eigenvalue weighted by molar-refractivity contribution is -0.132. The molecule has 2 heterocycles. The Hall–Kier alpha value is -1.36. The topological polar surface area (TPSA) is 58.4 Å². The molecule has 5 heteroatoms. The van der Waals surface area contributed by atoms with E-state index in [1.807, 2.05) is 28.9 Å². The van der Waals surface area contributed by atoms with E-state index in [0.717, 1.165) is 37.8 Å². The van der Waals surface area contributed by atoms with Gasteiger partial charge in [0, 0.05) is 38.4 Å². The molecular weight excluding hydrogens is 242 g/mol. The number of hydrogen-bond acceptors (Lipinski definition) is 3. The van der Waals surface area contributed by atoms with Crippen molar-refractivity contribution in [2.24, 2.45) is 0 Å². The molecule has 1 N–H and O–H groups in total. The lowest BCUT2D eigenvalue weighted by atomic mass is 10.1. The number of rotatable bonds is 6. The molecule has 2 rings (SSSR count). The number of carbonyl (C=O) groups excluding carboxylic acids is 1. The summed E-state index contributed by atoms with van der Waals surface area (Å²) >= 11 is 0. The Balaban J connectivity index is 1.81. The standard InChI is InChI=1S/C14H23N3O2/c1-12-10-15-16(11-12)8-6-14(19)17-7-2-4-13(17)5-3-9-18/h10-11,13,18H,2-9H2,1H3. The van der Waals surface area contributed by atoms with Crippen molar-refractivity contribution in [2.75, 3.05) is 13.2 Å². The molecule has 0 saturated carbocycles. The van der Waals surface area contributed by atoms with Gasteiger partial charge in [-0.15, -0.1) is 0 Å². The van der Waals surface area contributed by atoms with Crippen molar-refractivity contribution in [1.82, 2.24) is 14.7 Å². The quantitative estimate of drug-likeness (QED) is 0.844. The zero-order valence-electron chi connectivity index (χ0n) is 11.6. The van der Waals surface area contributed by atoms with E-state index in [1.165, 1.54) is 0 Å². The number of aryl methyl sites for hydroxylation is 2. The molecule has 1 aliphatic rings. The largest absolute Gasteiger partial charge is 0.396 e. The number of carbonyl (C=O) groups is 1. The summed E-state index contributed by atoms with van der Waals surface area (Å²) in [6, 6.07) is 0.332. The highest BCUT2D eigenvalue weighted by molar-refractivity contribution is 5.76. The second kappa shape index (κ2) is 6.70. The van der Waals surface area contributed by atoms with Crippen LogP contribution in [0.3, 0.4) is 0 Å². The lowest BCUT2D eigenvalue weighted by Gasteiger charge is -2.24. The molecule has 1 fully saturated rings. The Labute approximate surface area is 114 Å². The van der Waals surface area contributed by atoms with Crippen molar-refractivity contribution >= 4 is 5.91 Å². The predicted octanol–water partition coefficient (Wildman–Crippen LogP) is 1.35. The van der Waals surface area contributed by atoms with Crippen molar-refractivity contribution in [3.05, 3.63) is 18.0 Å². The molecule has 1 aromatic heterocycles. The van der Waals surface area contributed by atoms with Gasteiger partial charge in [0.15, 0.2) is 0 Å². The number of nitrogens with zero attached hydrogens (tertiary/aromatic N) is 3. The second-order valence-corrected chi connectivity index (χ2v) is 5.28. The summed E-state index contributed by atoms with van der Waals surface area (Å²) in [5.74, 6) is 0.216. The fourth-order valence-electron chi connectivity index (χ4n) is 2.73. The van der Waals surface area contributed by atoms with Crippen LogP contribution < -0.4 is 0 Å². The molecule has 5 nitrogen and oxygen atoms in total. The van der Waals surface area contributed by atoms with E-state index in [1.54, 1.807) is 0 Å². The van der Waals surface area contributed by atoms with E-state index >= 15 is 0 Å². The van der Waals surface area contributed by atoms with Gasteiger partial charge in [0.05, 0.1) is 6.20 Å². The van der Waals surface area contributed by atoms with E-state index in [0.29, 0.717) is 19.0 Å². The molecule has 1 aromatic rings. The molecule has 0 bridgehead atoms. The first-order valence-electron chi connectivity index (χ1n) is 7.10. The Morgan fingerprint density at radius 2 is 2.42 bits per heavy atom. The van der Waals surface area contributed by atoms with E-state index < -0.39 is 0 Å². The molecule has 1 saturated heterocycles. The van der Waals surface area contributed by atoms with Crippen LogP contribution >= 0.6 is 0 Å². The molecule has 1 amide bonds. The van der Waals surface area contributed by atoms with Gasteiger partial charge in [-0.1, -0.05) is 0 Å². The van der Waals surface area contributed by atoms with Crippen LogP contribution in [0.5, 0.6) is 0 Å². The summed E-state index contributed by atoms with van der Waals surface area (Å²) in [6.45, 7) is 3.73. The van der Waals surface area contributed by atoms with Crippen LogP contribution in [0, 0.1) is 6.92 Å². The highest BCUT2D eigenvalue weighted by Crippen LogP contribution is 2.22. The molecule has 1 unspecified atom stereocenters. The maximum absolute atomic E-state index is 12.2. The van der Waals surface area contributed by atoms with Crippen molar-refractivity contribution < 1.29 is 9.90 Å². The third-order valence-electron chi connectivity index (χ3n) is 3.71. The Morgan fingerprint density at radius 1 is 1.58 bits per heavy atom. The number of hydrogen-bond donors (Lipinski definition) is 1. The smallest absolute Gasteiger partial charge is 0.224 e. The molecule has 0 spiro atoms. The van der Waals surface area contributed by atoms with E-state index in [-0.39, 0.29) is 12.5 Å². The molecule has 0 radical (unpaired) electrons. The fourth-order valence-corrected chi connectivity index (χ4v) is 2.73. The van der Waals surface area contributed by atoms with E-state index in [2.05, 4.69) is 5.10 Å². The SMILES string of the molecule is Cc1cnn(CCC(=O)N2CCCC2CCCO)c1. The average molecular weight is 265 g/mol. The van der Waals surface area contributed by atoms with Gasteiger partial charge in [-0.2, -0.15) is 5.10 Å². The number of amides is 1. The first-order chi connectivity index (χ1) is 9.20. The first kappa shape index (κ1) is 14.1. The zero-order chi connectivity index (χ0) is 13.7. The lowest BCUT2D eigenvalue weighted by Crippen LogP contribution is -2.36. The van der Waals surface area contributed by atoms with E-state index in [4.69, 9.17) is 5.11 Å². The highest BCUT2D eigenvalue weighted by Gasteiger charge is 2.27. The van der Waals surface area contributed by atoms with Crippen molar-refractivity contribution in [2.45, 2.75) is 51.6 Å². The number of aliphatic hydroxyl groups is 1. The number of aliphatic hydroxyl groups excluding tert-OH is 1. The monoisotopic (exact) mass is 265 g/mol. The van der Waals surface area contributed by atoms with Gasteiger partial charge < -0.3 is 10.0 Å². The third-order valence-corrected chi connectivity index (χ3v) is 3.71. The van der Waals surface area contributed by atoms with Gasteiger partial charge in [-0.05, 0) is 38.2 Å². The van der Waals surface area contributed by atoms with Crippen molar-refractivity contribution in [3.63, 3.8) is 0 Å². The minimum atomic E-state index is 0.213. The summed E-state index contributed by atoms with van der Waals surface area (Å²) in [5, 5.41) is 13.1. The van der Waals surface area contributed by atoms with Crippen LogP contribution in [0.15, 0.2) is 12.4 Å². The maximum atomic E-state index is 12.2. The predicted molar refractivity (Wildman–Crippen MR) is 72.6 cm³/mol. The van der Waals surface area contributed by atoms with Gasteiger partial charge in [-0.3, -0.25) is 9.48 Å². The molecule has 1 atom stereocenters. The molecule has 0 aliphatic carbocycles. The number of likely N-dealkylation sites (tertiary alicyclic amines) is 1. The zero-order valence-corrected chi connectivity index (χ0v) is 11.6. The summed E-state index contributed by atoms with van der Waals surface area (Å²) < 4.78 is 1.83. The minimum absolute atomic E-state index is 0.213. The maximum Gasteiger partial charge on any atom is 0.224 e. The Bertz CT molecular complexity index is 417. The highest BCUT2D eigenvalue weighted by atomic mass is 16.3. The van der Waals surface area contributed by atoms with Crippen LogP contribution in [-0.2, 0) is 11.3 Å². The van der Waals surface area contributed by atoms with Gasteiger partial charge in [-0.25, -0.2) is 0 Å². The molecule has 1 aliphatic heterocycles. The van der Waals surface area contributed by atoms with E-state index in [9.17, 15) is 4.79 Å². The minimum Gasteiger partial charge on any atom is -0.396 e. The number of aromatic nitrogens is 2. The van der Waals surface area contributed by atoms with Crippen LogP contribution in [0.4, 0.5) is 0 Å². The van der Waals surface area contributed by atoms with Crippen LogP contribution in [-0.4, -0.2) is 44.9 Å². The molecular formula is C14H23N3O2. The van der Waals surface area contributed by atoms with Gasteiger partial charge in [0.1, 0.15) is 0 Å². The average Bonchev–Trinajstić information content (AvgIpc) is 3.02. The van der Waals surface area contributed by atoms with Gasteiger partial charge in [0.2, 0.25) is 5.91 Å². The Morgan fingerprint density at radius 3 is 3.11 bits per heavy atom. The summed E-state index contributed by atoms with van der Waals surface area (Å²) in [4.78, 5) is 14.2. The first-order valence-corrected chi connectivity index (χ1v) is 7.10. The van der Waals surface area contributed by atoms with Gasteiger partial charge in [0.25, 0.3) is 0 Å².